The summed E-state index contributed by atoms with van der Waals surface area (Å²) in [4.78, 5) is 11.6. The van der Waals surface area contributed by atoms with Crippen LogP contribution in [0.15, 0.2) is 24.3 Å². The number of rotatable bonds is 4. The lowest BCUT2D eigenvalue weighted by Gasteiger charge is -2.15. The Kier molecular flexibility index (Phi) is 3.67. The molecule has 1 atom stereocenters. The van der Waals surface area contributed by atoms with Crippen LogP contribution in [0.3, 0.4) is 0 Å². The Morgan fingerprint density at radius 1 is 1.35 bits per heavy atom. The van der Waals surface area contributed by atoms with Gasteiger partial charge in [0.25, 0.3) is 0 Å². The molecule has 1 aromatic carbocycles. The van der Waals surface area contributed by atoms with Gasteiger partial charge in [0.05, 0.1) is 6.04 Å². The lowest BCUT2D eigenvalue weighted by atomic mass is 10.1. The number of hydrogen-bond acceptors (Lipinski definition) is 1. The fourth-order valence-electron chi connectivity index (χ4n) is 1.78. The smallest absolute Gasteiger partial charge is 0.315 e. The molecule has 0 aliphatic heterocycles. The third-order valence-electron chi connectivity index (χ3n) is 3.15. The Morgan fingerprint density at radius 2 is 2.00 bits per heavy atom. The molecule has 1 aromatic rings. The van der Waals surface area contributed by atoms with Gasteiger partial charge in [-0.2, -0.15) is 0 Å². The molecule has 1 saturated carbocycles. The quantitative estimate of drug-likeness (QED) is 0.823. The van der Waals surface area contributed by atoms with Crippen molar-refractivity contribution in [2.24, 2.45) is 0 Å². The molecule has 2 amide bonds. The van der Waals surface area contributed by atoms with Crippen molar-refractivity contribution < 1.29 is 4.79 Å². The molecule has 0 radical (unpaired) electrons. The minimum atomic E-state index is -0.0560. The number of benzene rings is 1. The summed E-state index contributed by atoms with van der Waals surface area (Å²) in [6, 6.07) is 8.81. The van der Waals surface area contributed by atoms with Gasteiger partial charge in [0, 0.05) is 6.04 Å². The van der Waals surface area contributed by atoms with E-state index >= 15 is 0 Å². The molecule has 1 aliphatic carbocycles. The lowest BCUT2D eigenvalue weighted by molar-refractivity contribution is 0.237. The maximum Gasteiger partial charge on any atom is 0.315 e. The molecule has 1 unspecified atom stereocenters. The number of urea groups is 1. The number of hydrogen-bond donors (Lipinski definition) is 2. The molecule has 0 aromatic heterocycles. The Balaban J connectivity index is 1.88. The number of carbonyl (C=O) groups excluding carboxylic acids is 1. The molecule has 0 bridgehead atoms. The standard InChI is InChI=1S/C14H20N2O/c1-3-11-4-6-12(7-5-11)10(2)15-14(17)16-13-8-9-13/h4-7,10,13H,3,8-9H2,1-2H3,(H2,15,16,17). The first-order valence-corrected chi connectivity index (χ1v) is 6.35. The van der Waals surface area contributed by atoms with Crippen molar-refractivity contribution in [1.82, 2.24) is 10.6 Å². The molecule has 0 saturated heterocycles. The SMILES string of the molecule is CCc1ccc(C(C)NC(=O)NC2CC2)cc1. The predicted octanol–water partition coefficient (Wildman–Crippen LogP) is 2.77. The van der Waals surface area contributed by atoms with Gasteiger partial charge < -0.3 is 10.6 Å². The van der Waals surface area contributed by atoms with Gasteiger partial charge in [-0.25, -0.2) is 4.79 Å². The zero-order valence-electron chi connectivity index (χ0n) is 10.5. The van der Waals surface area contributed by atoms with Crippen LogP contribution in [0.1, 0.15) is 43.9 Å². The molecule has 1 fully saturated rings. The highest BCUT2D eigenvalue weighted by atomic mass is 16.2. The van der Waals surface area contributed by atoms with Crippen LogP contribution in [0.2, 0.25) is 0 Å². The summed E-state index contributed by atoms with van der Waals surface area (Å²) in [5, 5.41) is 5.88. The van der Waals surface area contributed by atoms with Gasteiger partial charge >= 0.3 is 6.03 Å². The van der Waals surface area contributed by atoms with Gasteiger partial charge in [-0.05, 0) is 37.3 Å². The first-order valence-electron chi connectivity index (χ1n) is 6.35. The Morgan fingerprint density at radius 3 is 2.53 bits per heavy atom. The average Bonchev–Trinajstić information content (AvgIpc) is 3.12. The highest BCUT2D eigenvalue weighted by Crippen LogP contribution is 2.19. The van der Waals surface area contributed by atoms with Gasteiger partial charge in [-0.1, -0.05) is 31.2 Å². The van der Waals surface area contributed by atoms with Crippen LogP contribution >= 0.6 is 0 Å². The van der Waals surface area contributed by atoms with E-state index in [0.29, 0.717) is 6.04 Å². The van der Waals surface area contributed by atoms with Crippen molar-refractivity contribution in [2.45, 2.75) is 45.2 Å². The van der Waals surface area contributed by atoms with Crippen molar-refractivity contribution in [3.63, 3.8) is 0 Å². The van der Waals surface area contributed by atoms with E-state index < -0.39 is 0 Å². The maximum absolute atomic E-state index is 11.6. The van der Waals surface area contributed by atoms with Crippen molar-refractivity contribution in [1.29, 1.82) is 0 Å². The summed E-state index contributed by atoms with van der Waals surface area (Å²) >= 11 is 0. The number of aryl methyl sites for hydroxylation is 1. The van der Waals surface area contributed by atoms with Crippen molar-refractivity contribution in [2.75, 3.05) is 0 Å². The number of nitrogens with one attached hydrogen (secondary N) is 2. The lowest BCUT2D eigenvalue weighted by Crippen LogP contribution is -2.38. The molecule has 2 N–H and O–H groups in total. The zero-order chi connectivity index (χ0) is 12.3. The van der Waals surface area contributed by atoms with Gasteiger partial charge in [0.2, 0.25) is 0 Å². The third kappa shape index (κ3) is 3.48. The van der Waals surface area contributed by atoms with Crippen LogP contribution in [-0.2, 0) is 6.42 Å². The minimum Gasteiger partial charge on any atom is -0.335 e. The molecule has 2 rings (SSSR count). The Hall–Kier alpha value is -1.51. The second-order valence-electron chi connectivity index (χ2n) is 4.71. The second kappa shape index (κ2) is 5.21. The second-order valence-corrected chi connectivity index (χ2v) is 4.71. The molecular formula is C14H20N2O. The topological polar surface area (TPSA) is 41.1 Å². The van der Waals surface area contributed by atoms with E-state index in [1.165, 1.54) is 5.56 Å². The van der Waals surface area contributed by atoms with Crippen molar-refractivity contribution >= 4 is 6.03 Å². The van der Waals surface area contributed by atoms with Crippen molar-refractivity contribution in [3.8, 4) is 0 Å². The molecule has 3 nitrogen and oxygen atoms in total. The molecule has 92 valence electrons. The largest absolute Gasteiger partial charge is 0.335 e. The first-order chi connectivity index (χ1) is 8.19. The number of carbonyl (C=O) groups is 1. The fraction of sp³-hybridized carbons (Fsp3) is 0.500. The molecule has 17 heavy (non-hydrogen) atoms. The van der Waals surface area contributed by atoms with Gasteiger partial charge in [-0.3, -0.25) is 0 Å². The van der Waals surface area contributed by atoms with Crippen LogP contribution in [0.5, 0.6) is 0 Å². The average molecular weight is 232 g/mol. The summed E-state index contributed by atoms with van der Waals surface area (Å²) in [7, 11) is 0. The Labute approximate surface area is 103 Å². The van der Waals surface area contributed by atoms with Gasteiger partial charge in [-0.15, -0.1) is 0 Å². The van der Waals surface area contributed by atoms with Gasteiger partial charge in [0.1, 0.15) is 0 Å². The molecule has 3 heteroatoms. The normalized spacial score (nSPS) is 16.4. The van der Waals surface area contributed by atoms with E-state index in [1.54, 1.807) is 0 Å². The van der Waals surface area contributed by atoms with E-state index in [9.17, 15) is 4.79 Å². The highest BCUT2D eigenvalue weighted by molar-refractivity contribution is 5.75. The number of amides is 2. The van der Waals surface area contributed by atoms with Crippen molar-refractivity contribution in [3.05, 3.63) is 35.4 Å². The van der Waals surface area contributed by atoms with Crippen LogP contribution in [0, 0.1) is 0 Å². The third-order valence-corrected chi connectivity index (χ3v) is 3.15. The van der Waals surface area contributed by atoms with E-state index in [1.807, 2.05) is 6.92 Å². The summed E-state index contributed by atoms with van der Waals surface area (Å²) in [6.45, 7) is 4.15. The van der Waals surface area contributed by atoms with Crippen LogP contribution in [-0.4, -0.2) is 12.1 Å². The van der Waals surface area contributed by atoms with Crippen LogP contribution < -0.4 is 10.6 Å². The summed E-state index contributed by atoms with van der Waals surface area (Å²) < 4.78 is 0. The van der Waals surface area contributed by atoms with E-state index in [-0.39, 0.29) is 12.1 Å². The highest BCUT2D eigenvalue weighted by Gasteiger charge is 2.23. The minimum absolute atomic E-state index is 0.0552. The maximum atomic E-state index is 11.6. The fourth-order valence-corrected chi connectivity index (χ4v) is 1.78. The molecule has 0 spiro atoms. The molecule has 0 heterocycles. The van der Waals surface area contributed by atoms with Crippen LogP contribution in [0.25, 0.3) is 0 Å². The Bertz CT molecular complexity index is 382. The van der Waals surface area contributed by atoms with E-state index in [2.05, 4.69) is 41.8 Å². The van der Waals surface area contributed by atoms with Gasteiger partial charge in [0.15, 0.2) is 0 Å². The molecule has 1 aliphatic rings. The summed E-state index contributed by atoms with van der Waals surface area (Å²) in [5.41, 5.74) is 2.47. The van der Waals surface area contributed by atoms with Crippen LogP contribution in [0.4, 0.5) is 4.79 Å². The van der Waals surface area contributed by atoms with E-state index in [0.717, 1.165) is 24.8 Å². The summed E-state index contributed by atoms with van der Waals surface area (Å²) in [5.74, 6) is 0. The van der Waals surface area contributed by atoms with E-state index in [4.69, 9.17) is 0 Å². The molecular weight excluding hydrogens is 212 g/mol. The zero-order valence-corrected chi connectivity index (χ0v) is 10.5. The predicted molar refractivity (Wildman–Crippen MR) is 68.9 cm³/mol. The monoisotopic (exact) mass is 232 g/mol. The first kappa shape index (κ1) is 12.0. The summed E-state index contributed by atoms with van der Waals surface area (Å²) in [6.07, 6.45) is 3.28.